The maximum atomic E-state index is 13.1. The molecule has 1 saturated heterocycles. The molecule has 0 aromatic heterocycles. The highest BCUT2D eigenvalue weighted by Gasteiger charge is 2.33. The van der Waals surface area contributed by atoms with Crippen LogP contribution in [0.1, 0.15) is 5.56 Å². The van der Waals surface area contributed by atoms with E-state index in [0.717, 1.165) is 14.5 Å². The van der Waals surface area contributed by atoms with Crippen molar-refractivity contribution in [3.8, 4) is 5.75 Å². The maximum absolute atomic E-state index is 13.1. The van der Waals surface area contributed by atoms with Crippen molar-refractivity contribution in [1.82, 2.24) is 0 Å². The fourth-order valence-electron chi connectivity index (χ4n) is 2.32. The molecule has 0 spiro atoms. The first kappa shape index (κ1) is 18.6. The smallest absolute Gasteiger partial charge is 0.270 e. The minimum Gasteiger partial charge on any atom is -0.495 e. The summed E-state index contributed by atoms with van der Waals surface area (Å²) in [5.41, 5.74) is 1.28. The standard InChI is InChI=1S/C17H10Br2FNO2S2/c1-23-15-9(6-10(18)8-13(15)19)7-14-16(22)21(17(24)25-14)12-4-2-11(20)3-5-12/h2-8H,1H3/b14-7+. The monoisotopic (exact) mass is 501 g/mol. The minimum atomic E-state index is -0.367. The molecule has 0 N–H and O–H groups in total. The predicted octanol–water partition coefficient (Wildman–Crippen LogP) is 5.77. The quantitative estimate of drug-likeness (QED) is 0.394. The van der Waals surface area contributed by atoms with Gasteiger partial charge in [-0.25, -0.2) is 4.39 Å². The number of benzene rings is 2. The first-order valence-corrected chi connectivity index (χ1v) is 9.78. The molecule has 2 aromatic carbocycles. The van der Waals surface area contributed by atoms with E-state index >= 15 is 0 Å². The van der Waals surface area contributed by atoms with Crippen LogP contribution in [0.2, 0.25) is 0 Å². The maximum Gasteiger partial charge on any atom is 0.270 e. The molecule has 0 aliphatic carbocycles. The number of hydrogen-bond acceptors (Lipinski definition) is 4. The number of carbonyl (C=O) groups is 1. The van der Waals surface area contributed by atoms with Gasteiger partial charge in [0.1, 0.15) is 11.6 Å². The van der Waals surface area contributed by atoms with Crippen LogP contribution in [-0.2, 0) is 4.79 Å². The number of halogens is 3. The lowest BCUT2D eigenvalue weighted by atomic mass is 10.2. The molecule has 0 radical (unpaired) electrons. The normalized spacial score (nSPS) is 16.0. The van der Waals surface area contributed by atoms with E-state index in [1.165, 1.54) is 40.9 Å². The fraction of sp³-hybridized carbons (Fsp3) is 0.0588. The molecule has 3 nitrogen and oxygen atoms in total. The summed E-state index contributed by atoms with van der Waals surface area (Å²) in [7, 11) is 1.56. The first-order chi connectivity index (χ1) is 11.9. The number of anilines is 1. The molecule has 1 aliphatic rings. The zero-order valence-electron chi connectivity index (χ0n) is 12.8. The van der Waals surface area contributed by atoms with Crippen LogP contribution < -0.4 is 9.64 Å². The van der Waals surface area contributed by atoms with Gasteiger partial charge in [-0.1, -0.05) is 39.9 Å². The molecule has 1 amide bonds. The molecule has 8 heteroatoms. The molecule has 0 bridgehead atoms. The van der Waals surface area contributed by atoms with Crippen molar-refractivity contribution in [2.75, 3.05) is 12.0 Å². The lowest BCUT2D eigenvalue weighted by Crippen LogP contribution is -2.27. The Morgan fingerprint density at radius 3 is 2.56 bits per heavy atom. The van der Waals surface area contributed by atoms with E-state index in [0.29, 0.717) is 20.7 Å². The third kappa shape index (κ3) is 3.81. The van der Waals surface area contributed by atoms with E-state index in [1.54, 1.807) is 13.2 Å². The summed E-state index contributed by atoms with van der Waals surface area (Å²) >= 11 is 13.4. The highest BCUT2D eigenvalue weighted by Crippen LogP contribution is 2.39. The number of thioether (sulfide) groups is 1. The zero-order valence-corrected chi connectivity index (χ0v) is 17.6. The number of thiocarbonyl (C=S) groups is 1. The Balaban J connectivity index is 2.00. The van der Waals surface area contributed by atoms with Crippen molar-refractivity contribution in [3.05, 3.63) is 61.6 Å². The summed E-state index contributed by atoms with van der Waals surface area (Å²) in [6.45, 7) is 0. The summed E-state index contributed by atoms with van der Waals surface area (Å²) in [6.07, 6.45) is 1.73. The van der Waals surface area contributed by atoms with Gasteiger partial charge in [-0.3, -0.25) is 9.69 Å². The molecule has 25 heavy (non-hydrogen) atoms. The van der Waals surface area contributed by atoms with E-state index in [2.05, 4.69) is 31.9 Å². The summed E-state index contributed by atoms with van der Waals surface area (Å²) in [5, 5.41) is 0. The number of nitrogens with zero attached hydrogens (tertiary/aromatic N) is 1. The van der Waals surface area contributed by atoms with E-state index in [1.807, 2.05) is 12.1 Å². The Morgan fingerprint density at radius 2 is 1.92 bits per heavy atom. The van der Waals surface area contributed by atoms with Gasteiger partial charge in [-0.15, -0.1) is 0 Å². The molecule has 2 aromatic rings. The van der Waals surface area contributed by atoms with Gasteiger partial charge in [0.2, 0.25) is 0 Å². The van der Waals surface area contributed by atoms with Crippen LogP contribution in [0, 0.1) is 5.82 Å². The van der Waals surface area contributed by atoms with Crippen LogP contribution in [0.5, 0.6) is 5.75 Å². The van der Waals surface area contributed by atoms with Gasteiger partial charge in [-0.2, -0.15) is 0 Å². The number of amides is 1. The van der Waals surface area contributed by atoms with Crippen molar-refractivity contribution in [2.45, 2.75) is 0 Å². The van der Waals surface area contributed by atoms with E-state index in [-0.39, 0.29) is 11.7 Å². The SMILES string of the molecule is COc1c(Br)cc(Br)cc1/C=C1/SC(=S)N(c2ccc(F)cc2)C1=O. The average molecular weight is 503 g/mol. The molecular formula is C17H10Br2FNO2S2. The molecule has 1 aliphatic heterocycles. The third-order valence-electron chi connectivity index (χ3n) is 3.41. The van der Waals surface area contributed by atoms with E-state index in [9.17, 15) is 9.18 Å². The summed E-state index contributed by atoms with van der Waals surface area (Å²) < 4.78 is 20.5. The Morgan fingerprint density at radius 1 is 1.24 bits per heavy atom. The van der Waals surface area contributed by atoms with Crippen LogP contribution in [0.4, 0.5) is 10.1 Å². The topological polar surface area (TPSA) is 29.5 Å². The van der Waals surface area contributed by atoms with Crippen LogP contribution in [-0.4, -0.2) is 17.3 Å². The van der Waals surface area contributed by atoms with E-state index in [4.69, 9.17) is 17.0 Å². The van der Waals surface area contributed by atoms with Crippen LogP contribution >= 0.6 is 55.8 Å². The lowest BCUT2D eigenvalue weighted by Gasteiger charge is -2.14. The minimum absolute atomic E-state index is 0.250. The number of ether oxygens (including phenoxy) is 1. The van der Waals surface area contributed by atoms with E-state index < -0.39 is 0 Å². The molecule has 128 valence electrons. The second kappa shape index (κ2) is 7.57. The molecule has 1 heterocycles. The Bertz CT molecular complexity index is 900. The van der Waals surface area contributed by atoms with Gasteiger partial charge >= 0.3 is 0 Å². The summed E-state index contributed by atoms with van der Waals surface area (Å²) in [6, 6.07) is 9.37. The first-order valence-electron chi connectivity index (χ1n) is 6.97. The predicted molar refractivity (Wildman–Crippen MR) is 110 cm³/mol. The number of hydrogen-bond donors (Lipinski definition) is 0. The van der Waals surface area contributed by atoms with Gasteiger partial charge in [0.25, 0.3) is 5.91 Å². The second-order valence-electron chi connectivity index (χ2n) is 5.00. The highest BCUT2D eigenvalue weighted by atomic mass is 79.9. The van der Waals surface area contributed by atoms with Crippen LogP contribution in [0.3, 0.4) is 0 Å². The molecule has 0 unspecified atom stereocenters. The number of rotatable bonds is 3. The average Bonchev–Trinajstić information content (AvgIpc) is 2.82. The molecule has 0 saturated carbocycles. The van der Waals surface area contributed by atoms with Crippen molar-refractivity contribution in [1.29, 1.82) is 0 Å². The fourth-order valence-corrected chi connectivity index (χ4v) is 5.03. The largest absolute Gasteiger partial charge is 0.495 e. The Hall–Kier alpha value is -1.22. The lowest BCUT2D eigenvalue weighted by molar-refractivity contribution is -0.113. The van der Waals surface area contributed by atoms with Crippen molar-refractivity contribution in [2.24, 2.45) is 0 Å². The second-order valence-corrected chi connectivity index (χ2v) is 8.45. The Kier molecular flexibility index (Phi) is 5.62. The van der Waals surface area contributed by atoms with Crippen LogP contribution in [0.15, 0.2) is 50.2 Å². The third-order valence-corrected chi connectivity index (χ3v) is 5.76. The van der Waals surface area contributed by atoms with Crippen molar-refractivity contribution in [3.63, 3.8) is 0 Å². The molecule has 0 atom stereocenters. The van der Waals surface area contributed by atoms with Crippen molar-refractivity contribution < 1.29 is 13.9 Å². The van der Waals surface area contributed by atoms with Crippen molar-refractivity contribution >= 4 is 77.8 Å². The number of carbonyl (C=O) groups excluding carboxylic acids is 1. The van der Waals surface area contributed by atoms with Gasteiger partial charge in [0.15, 0.2) is 4.32 Å². The zero-order chi connectivity index (χ0) is 18.1. The van der Waals surface area contributed by atoms with Gasteiger partial charge in [0, 0.05) is 10.0 Å². The molecule has 3 rings (SSSR count). The molecule has 1 fully saturated rings. The Labute approximate surface area is 170 Å². The van der Waals surface area contributed by atoms with Gasteiger partial charge in [-0.05, 0) is 58.4 Å². The summed E-state index contributed by atoms with van der Waals surface area (Å²) in [5.74, 6) is 0.00321. The number of methoxy groups -OCH3 is 1. The highest BCUT2D eigenvalue weighted by molar-refractivity contribution is 9.11. The van der Waals surface area contributed by atoms with Gasteiger partial charge < -0.3 is 4.74 Å². The summed E-state index contributed by atoms with van der Waals surface area (Å²) in [4.78, 5) is 14.6. The molecular weight excluding hydrogens is 493 g/mol. The van der Waals surface area contributed by atoms with Crippen LogP contribution in [0.25, 0.3) is 6.08 Å². The van der Waals surface area contributed by atoms with Gasteiger partial charge in [0.05, 0.1) is 22.2 Å².